The number of aromatic nitrogens is 3. The Morgan fingerprint density at radius 2 is 1.95 bits per heavy atom. The minimum Gasteiger partial charge on any atom is -0.344 e. The van der Waals surface area contributed by atoms with Crippen LogP contribution in [0.3, 0.4) is 0 Å². The summed E-state index contributed by atoms with van der Waals surface area (Å²) in [5.41, 5.74) is 12.0. The van der Waals surface area contributed by atoms with Crippen molar-refractivity contribution in [1.82, 2.24) is 30.2 Å². The van der Waals surface area contributed by atoms with E-state index >= 15 is 0 Å². The van der Waals surface area contributed by atoms with Crippen LogP contribution in [0.5, 0.6) is 0 Å². The van der Waals surface area contributed by atoms with E-state index in [2.05, 4.69) is 70.6 Å². The van der Waals surface area contributed by atoms with E-state index in [0.717, 1.165) is 79.1 Å². The number of hydrogen-bond donors (Lipinski definition) is 2. The fourth-order valence-electron chi connectivity index (χ4n) is 5.93. The lowest BCUT2D eigenvalue weighted by Gasteiger charge is -2.26. The molecule has 7 heteroatoms. The maximum atomic E-state index is 5.15. The summed E-state index contributed by atoms with van der Waals surface area (Å²) in [5.74, 6) is 0.679. The van der Waals surface area contributed by atoms with Crippen LogP contribution in [-0.2, 0) is 6.54 Å². The molecule has 0 bridgehead atoms. The van der Waals surface area contributed by atoms with Crippen LogP contribution in [0.15, 0.2) is 41.8 Å². The molecule has 1 aliphatic carbocycles. The number of H-pyrrole nitrogens is 1. The number of nitrogens with zero attached hydrogens (tertiary/aromatic N) is 5. The largest absolute Gasteiger partial charge is 0.344 e. The second-order valence-corrected chi connectivity index (χ2v) is 11.0. The number of rotatable bonds is 6. The van der Waals surface area contributed by atoms with Gasteiger partial charge in [-0.3, -0.25) is 0 Å². The van der Waals surface area contributed by atoms with Gasteiger partial charge in [-0.1, -0.05) is 44.4 Å². The first kappa shape index (κ1) is 26.6. The van der Waals surface area contributed by atoms with Gasteiger partial charge in [-0.05, 0) is 76.0 Å². The van der Waals surface area contributed by atoms with Crippen LogP contribution in [-0.4, -0.2) is 71.2 Å². The molecule has 0 saturated heterocycles. The third-order valence-electron chi connectivity index (χ3n) is 7.98. The van der Waals surface area contributed by atoms with Crippen LogP contribution in [0.1, 0.15) is 74.5 Å². The van der Waals surface area contributed by atoms with E-state index in [1.54, 1.807) is 0 Å². The van der Waals surface area contributed by atoms with Crippen molar-refractivity contribution in [3.63, 3.8) is 0 Å². The summed E-state index contributed by atoms with van der Waals surface area (Å²) in [5, 5.41) is 4.51. The molecular formula is C31H43N7. The summed E-state index contributed by atoms with van der Waals surface area (Å²) >= 11 is 0. The van der Waals surface area contributed by atoms with Crippen LogP contribution in [0, 0.1) is 0 Å². The van der Waals surface area contributed by atoms with Gasteiger partial charge < -0.3 is 20.2 Å². The smallest absolute Gasteiger partial charge is 0.156 e. The molecule has 2 aromatic heterocycles. The molecule has 1 saturated carbocycles. The van der Waals surface area contributed by atoms with Crippen molar-refractivity contribution in [2.24, 2.45) is 5.10 Å². The highest BCUT2D eigenvalue weighted by atomic mass is 15.3. The summed E-state index contributed by atoms with van der Waals surface area (Å²) in [7, 11) is 4.31. The first-order valence-electron chi connectivity index (χ1n) is 14.4. The lowest BCUT2D eigenvalue weighted by Crippen LogP contribution is -2.27. The number of nitrogens with one attached hydrogen (secondary N) is 2. The van der Waals surface area contributed by atoms with Crippen LogP contribution in [0.25, 0.3) is 28.0 Å². The van der Waals surface area contributed by atoms with Gasteiger partial charge in [-0.15, -0.1) is 0 Å². The Balaban J connectivity index is 1.48. The molecule has 1 aliphatic heterocycles. The highest BCUT2D eigenvalue weighted by Gasteiger charge is 2.20. The second-order valence-electron chi connectivity index (χ2n) is 11.0. The Morgan fingerprint density at radius 1 is 1.08 bits per heavy atom. The molecule has 0 atom stereocenters. The van der Waals surface area contributed by atoms with E-state index in [9.17, 15) is 0 Å². The van der Waals surface area contributed by atoms with E-state index in [4.69, 9.17) is 9.97 Å². The topological polar surface area (TPSA) is 72.4 Å². The molecular weight excluding hydrogens is 470 g/mol. The zero-order valence-corrected chi connectivity index (χ0v) is 23.3. The molecule has 202 valence electrons. The fourth-order valence-corrected chi connectivity index (χ4v) is 5.93. The summed E-state index contributed by atoms with van der Waals surface area (Å²) in [4.78, 5) is 18.0. The zero-order chi connectivity index (χ0) is 26.3. The van der Waals surface area contributed by atoms with Crippen LogP contribution in [0.2, 0.25) is 0 Å². The first-order chi connectivity index (χ1) is 18.6. The van der Waals surface area contributed by atoms with Crippen LogP contribution in [0.4, 0.5) is 0 Å². The van der Waals surface area contributed by atoms with Gasteiger partial charge in [0.1, 0.15) is 5.52 Å². The van der Waals surface area contributed by atoms with Gasteiger partial charge in [0.2, 0.25) is 0 Å². The van der Waals surface area contributed by atoms with Crippen molar-refractivity contribution >= 4 is 23.0 Å². The van der Waals surface area contributed by atoms with Gasteiger partial charge >= 0.3 is 0 Å². The van der Waals surface area contributed by atoms with Crippen LogP contribution < -0.4 is 5.43 Å². The van der Waals surface area contributed by atoms with Crippen molar-refractivity contribution in [1.29, 1.82) is 0 Å². The molecule has 0 amide bonds. The molecule has 2 N–H and O–H groups in total. The molecule has 0 radical (unpaired) electrons. The highest BCUT2D eigenvalue weighted by Crippen LogP contribution is 2.36. The number of benzene rings is 1. The van der Waals surface area contributed by atoms with Gasteiger partial charge in [-0.25, -0.2) is 9.97 Å². The number of hydrogen-bond acceptors (Lipinski definition) is 6. The van der Waals surface area contributed by atoms with E-state index in [-0.39, 0.29) is 0 Å². The van der Waals surface area contributed by atoms with Crippen LogP contribution >= 0.6 is 0 Å². The lowest BCUT2D eigenvalue weighted by molar-refractivity contribution is 0.289. The molecule has 38 heavy (non-hydrogen) atoms. The Bertz CT molecular complexity index is 1270. The normalized spacial score (nSPS) is 20.6. The van der Waals surface area contributed by atoms with Crippen molar-refractivity contribution < 1.29 is 0 Å². The standard InChI is InChI=1S/C31H43N7/c1-4-38-16-8-12-25(19-35-34-15-9-17-38)28-20-32-31-30(28)36-29(21-33-31)24-13-14-27(23-10-6-5-7-11-23)26(18-24)22-37(2)3/h12-14,18-21,23,34H,4-11,15-17,22H2,1-3H3,(H,32,33)/b25-12+,35-19-. The van der Waals surface area contributed by atoms with Gasteiger partial charge in [0.15, 0.2) is 5.65 Å². The highest BCUT2D eigenvalue weighted by molar-refractivity contribution is 6.13. The number of aromatic amines is 1. The number of fused-ring (bicyclic) bond motifs is 1. The Morgan fingerprint density at radius 3 is 2.76 bits per heavy atom. The van der Waals surface area contributed by atoms with Crippen molar-refractivity contribution in [2.75, 3.05) is 40.3 Å². The summed E-state index contributed by atoms with van der Waals surface area (Å²) in [6, 6.07) is 6.96. The molecule has 2 aliphatic rings. The summed E-state index contributed by atoms with van der Waals surface area (Å²) in [6.45, 7) is 7.27. The molecule has 1 aromatic carbocycles. The molecule has 3 heterocycles. The molecule has 0 unspecified atom stereocenters. The molecule has 1 fully saturated rings. The number of hydrazone groups is 1. The Labute approximate surface area is 227 Å². The van der Waals surface area contributed by atoms with E-state index in [0.29, 0.717) is 5.92 Å². The van der Waals surface area contributed by atoms with Gasteiger partial charge in [0, 0.05) is 42.5 Å². The monoisotopic (exact) mass is 513 g/mol. The summed E-state index contributed by atoms with van der Waals surface area (Å²) < 4.78 is 0. The fraction of sp³-hybridized carbons (Fsp3) is 0.516. The van der Waals surface area contributed by atoms with Gasteiger partial charge in [0.25, 0.3) is 0 Å². The summed E-state index contributed by atoms with van der Waals surface area (Å²) in [6.07, 6.45) is 16.9. The average molecular weight is 514 g/mol. The molecule has 0 spiro atoms. The SMILES string of the molecule is CCN1CC/C=C(c2c[nH]c3ncc(-c4ccc(C5CCCCC5)c(CN(C)C)c4)nc23)\C=N/NCCC1. The van der Waals surface area contributed by atoms with Gasteiger partial charge in [0.05, 0.1) is 18.1 Å². The predicted molar refractivity (Wildman–Crippen MR) is 158 cm³/mol. The average Bonchev–Trinajstić information content (AvgIpc) is 3.33. The van der Waals surface area contributed by atoms with Crippen molar-refractivity contribution in [2.45, 2.75) is 64.3 Å². The van der Waals surface area contributed by atoms with Crippen molar-refractivity contribution in [3.05, 3.63) is 53.4 Å². The van der Waals surface area contributed by atoms with E-state index in [1.165, 1.54) is 43.2 Å². The quantitative estimate of drug-likeness (QED) is 0.435. The molecule has 3 aromatic rings. The van der Waals surface area contributed by atoms with E-state index < -0.39 is 0 Å². The minimum atomic E-state index is 0.679. The lowest BCUT2D eigenvalue weighted by atomic mass is 9.81. The molecule has 7 nitrogen and oxygen atoms in total. The maximum Gasteiger partial charge on any atom is 0.156 e. The second kappa shape index (κ2) is 12.7. The van der Waals surface area contributed by atoms with Gasteiger partial charge in [-0.2, -0.15) is 5.10 Å². The third-order valence-corrected chi connectivity index (χ3v) is 7.98. The Hall–Kier alpha value is -3.03. The maximum absolute atomic E-state index is 5.15. The predicted octanol–water partition coefficient (Wildman–Crippen LogP) is 5.81. The zero-order valence-electron chi connectivity index (χ0n) is 23.3. The minimum absolute atomic E-state index is 0.679. The molecule has 5 rings (SSSR count). The first-order valence-corrected chi connectivity index (χ1v) is 14.4. The Kier molecular flexibility index (Phi) is 8.86. The van der Waals surface area contributed by atoms with Crippen molar-refractivity contribution in [3.8, 4) is 11.3 Å². The van der Waals surface area contributed by atoms with E-state index in [1.807, 2.05) is 18.6 Å². The number of allylic oxidation sites excluding steroid dienone is 1. The third kappa shape index (κ3) is 6.33.